The zero-order chi connectivity index (χ0) is 13.1. The first-order valence-corrected chi connectivity index (χ1v) is 6.65. The summed E-state index contributed by atoms with van der Waals surface area (Å²) in [6.07, 6.45) is 0.976. The molecule has 2 rings (SSSR count). The highest BCUT2D eigenvalue weighted by molar-refractivity contribution is 5.94. The SMILES string of the molecule is Cc1cccc(C)c1NC(=O)C1CNCC(C)C1. The van der Waals surface area contributed by atoms with Crippen LogP contribution in [-0.2, 0) is 4.79 Å². The van der Waals surface area contributed by atoms with E-state index in [0.29, 0.717) is 5.92 Å². The van der Waals surface area contributed by atoms with Gasteiger partial charge in [0.15, 0.2) is 0 Å². The Bertz CT molecular complexity index is 422. The van der Waals surface area contributed by atoms with Crippen molar-refractivity contribution < 1.29 is 4.79 Å². The van der Waals surface area contributed by atoms with Crippen LogP contribution in [0.5, 0.6) is 0 Å². The molecule has 3 nitrogen and oxygen atoms in total. The van der Waals surface area contributed by atoms with Crippen molar-refractivity contribution in [1.82, 2.24) is 5.32 Å². The van der Waals surface area contributed by atoms with Crippen molar-refractivity contribution in [3.63, 3.8) is 0 Å². The first-order valence-electron chi connectivity index (χ1n) is 6.65. The number of rotatable bonds is 2. The molecule has 2 N–H and O–H groups in total. The van der Waals surface area contributed by atoms with E-state index in [-0.39, 0.29) is 11.8 Å². The molecule has 1 aliphatic heterocycles. The van der Waals surface area contributed by atoms with E-state index < -0.39 is 0 Å². The number of nitrogens with one attached hydrogen (secondary N) is 2. The first kappa shape index (κ1) is 13.1. The Morgan fingerprint density at radius 3 is 2.56 bits per heavy atom. The molecule has 2 atom stereocenters. The minimum absolute atomic E-state index is 0.0905. The van der Waals surface area contributed by atoms with E-state index in [1.54, 1.807) is 0 Å². The smallest absolute Gasteiger partial charge is 0.228 e. The molecule has 1 saturated heterocycles. The zero-order valence-corrected chi connectivity index (χ0v) is 11.4. The molecule has 1 amide bonds. The lowest BCUT2D eigenvalue weighted by Crippen LogP contribution is -2.41. The van der Waals surface area contributed by atoms with E-state index in [2.05, 4.69) is 17.6 Å². The summed E-state index contributed by atoms with van der Waals surface area (Å²) in [6.45, 7) is 8.06. The quantitative estimate of drug-likeness (QED) is 0.841. The molecule has 1 aliphatic rings. The number of carbonyl (C=O) groups excluding carboxylic acids is 1. The highest BCUT2D eigenvalue weighted by atomic mass is 16.1. The lowest BCUT2D eigenvalue weighted by molar-refractivity contribution is -0.120. The van der Waals surface area contributed by atoms with Crippen LogP contribution in [0, 0.1) is 25.7 Å². The van der Waals surface area contributed by atoms with Crippen LogP contribution in [0.15, 0.2) is 18.2 Å². The van der Waals surface area contributed by atoms with Crippen LogP contribution < -0.4 is 10.6 Å². The Hall–Kier alpha value is -1.35. The molecule has 1 aromatic rings. The van der Waals surface area contributed by atoms with Crippen LogP contribution in [0.1, 0.15) is 24.5 Å². The van der Waals surface area contributed by atoms with Gasteiger partial charge in [-0.25, -0.2) is 0 Å². The molecule has 0 aromatic heterocycles. The largest absolute Gasteiger partial charge is 0.325 e. The van der Waals surface area contributed by atoms with Crippen LogP contribution in [0.4, 0.5) is 5.69 Å². The van der Waals surface area contributed by atoms with Gasteiger partial charge in [-0.2, -0.15) is 0 Å². The third kappa shape index (κ3) is 2.91. The molecule has 1 heterocycles. The van der Waals surface area contributed by atoms with E-state index in [1.165, 1.54) is 0 Å². The Balaban J connectivity index is 2.07. The third-order valence-electron chi connectivity index (χ3n) is 3.67. The number of anilines is 1. The van der Waals surface area contributed by atoms with Gasteiger partial charge in [0.25, 0.3) is 0 Å². The van der Waals surface area contributed by atoms with Gasteiger partial charge in [0.1, 0.15) is 0 Å². The molecule has 0 radical (unpaired) electrons. The number of aryl methyl sites for hydroxylation is 2. The van der Waals surface area contributed by atoms with Crippen molar-refractivity contribution in [3.05, 3.63) is 29.3 Å². The van der Waals surface area contributed by atoms with Gasteiger partial charge in [-0.05, 0) is 43.9 Å². The normalized spacial score (nSPS) is 23.7. The number of hydrogen-bond acceptors (Lipinski definition) is 2. The maximum Gasteiger partial charge on any atom is 0.228 e. The molecule has 2 unspecified atom stereocenters. The molecule has 18 heavy (non-hydrogen) atoms. The summed E-state index contributed by atoms with van der Waals surface area (Å²) in [4.78, 5) is 12.3. The Morgan fingerprint density at radius 2 is 1.94 bits per heavy atom. The van der Waals surface area contributed by atoms with Gasteiger partial charge >= 0.3 is 0 Å². The van der Waals surface area contributed by atoms with Crippen molar-refractivity contribution in [2.45, 2.75) is 27.2 Å². The summed E-state index contributed by atoms with van der Waals surface area (Å²) >= 11 is 0. The molecule has 3 heteroatoms. The average Bonchev–Trinajstić information content (AvgIpc) is 2.34. The van der Waals surface area contributed by atoms with Gasteiger partial charge in [-0.15, -0.1) is 0 Å². The molecule has 98 valence electrons. The van der Waals surface area contributed by atoms with Crippen LogP contribution in [-0.4, -0.2) is 19.0 Å². The van der Waals surface area contributed by atoms with Crippen molar-refractivity contribution in [3.8, 4) is 0 Å². The van der Waals surface area contributed by atoms with Gasteiger partial charge in [0.2, 0.25) is 5.91 Å². The van der Waals surface area contributed by atoms with Gasteiger partial charge < -0.3 is 10.6 Å². The number of piperidine rings is 1. The fourth-order valence-electron chi connectivity index (χ4n) is 2.59. The standard InChI is InChI=1S/C15H22N2O/c1-10-7-13(9-16-8-10)15(18)17-14-11(2)5-4-6-12(14)3/h4-6,10,13,16H,7-9H2,1-3H3,(H,17,18). The summed E-state index contributed by atoms with van der Waals surface area (Å²) in [5, 5.41) is 6.41. The Morgan fingerprint density at radius 1 is 1.28 bits per heavy atom. The van der Waals surface area contributed by atoms with Crippen LogP contribution in [0.2, 0.25) is 0 Å². The van der Waals surface area contributed by atoms with Crippen molar-refractivity contribution >= 4 is 11.6 Å². The Labute approximate surface area is 109 Å². The zero-order valence-electron chi connectivity index (χ0n) is 11.4. The molecule has 0 spiro atoms. The molecule has 0 bridgehead atoms. The monoisotopic (exact) mass is 246 g/mol. The molecule has 1 fully saturated rings. The highest BCUT2D eigenvalue weighted by Gasteiger charge is 2.25. The Kier molecular flexibility index (Phi) is 4.02. The van der Waals surface area contributed by atoms with Crippen molar-refractivity contribution in [2.24, 2.45) is 11.8 Å². The van der Waals surface area contributed by atoms with Gasteiger partial charge in [-0.3, -0.25) is 4.79 Å². The number of para-hydroxylation sites is 1. The molecular formula is C15H22N2O. The number of benzene rings is 1. The van der Waals surface area contributed by atoms with Gasteiger partial charge in [0.05, 0.1) is 5.92 Å². The second-order valence-electron chi connectivity index (χ2n) is 5.45. The first-order chi connectivity index (χ1) is 8.58. The summed E-state index contributed by atoms with van der Waals surface area (Å²) < 4.78 is 0. The molecule has 0 aliphatic carbocycles. The van der Waals surface area contributed by atoms with Crippen LogP contribution in [0.3, 0.4) is 0 Å². The van der Waals surface area contributed by atoms with Crippen molar-refractivity contribution in [2.75, 3.05) is 18.4 Å². The van der Waals surface area contributed by atoms with Crippen LogP contribution >= 0.6 is 0 Å². The summed E-state index contributed by atoms with van der Waals surface area (Å²) in [6, 6.07) is 6.08. The van der Waals surface area contributed by atoms with E-state index in [4.69, 9.17) is 0 Å². The maximum atomic E-state index is 12.3. The average molecular weight is 246 g/mol. The molecule has 1 aromatic carbocycles. The van der Waals surface area contributed by atoms with Crippen LogP contribution in [0.25, 0.3) is 0 Å². The number of hydrogen-bond donors (Lipinski definition) is 2. The van der Waals surface area contributed by atoms with Gasteiger partial charge in [-0.1, -0.05) is 25.1 Å². The van der Waals surface area contributed by atoms with E-state index in [1.807, 2.05) is 32.0 Å². The number of carbonyl (C=O) groups is 1. The van der Waals surface area contributed by atoms with E-state index >= 15 is 0 Å². The lowest BCUT2D eigenvalue weighted by Gasteiger charge is -2.27. The molecule has 0 saturated carbocycles. The summed E-state index contributed by atoms with van der Waals surface area (Å²) in [5.74, 6) is 0.812. The molecular weight excluding hydrogens is 224 g/mol. The predicted molar refractivity (Wildman–Crippen MR) is 74.7 cm³/mol. The summed E-state index contributed by atoms with van der Waals surface area (Å²) in [5.41, 5.74) is 3.22. The topological polar surface area (TPSA) is 41.1 Å². The minimum Gasteiger partial charge on any atom is -0.325 e. The number of amides is 1. The second kappa shape index (κ2) is 5.53. The lowest BCUT2D eigenvalue weighted by atomic mass is 9.91. The van der Waals surface area contributed by atoms with Crippen molar-refractivity contribution in [1.29, 1.82) is 0 Å². The van der Waals surface area contributed by atoms with Gasteiger partial charge in [0, 0.05) is 12.2 Å². The maximum absolute atomic E-state index is 12.3. The predicted octanol–water partition coefficient (Wildman–Crippen LogP) is 2.49. The van der Waals surface area contributed by atoms with E-state index in [0.717, 1.165) is 36.3 Å². The third-order valence-corrected chi connectivity index (χ3v) is 3.67. The minimum atomic E-state index is 0.0905. The second-order valence-corrected chi connectivity index (χ2v) is 5.45. The van der Waals surface area contributed by atoms with E-state index in [9.17, 15) is 4.79 Å². The fraction of sp³-hybridized carbons (Fsp3) is 0.533. The summed E-state index contributed by atoms with van der Waals surface area (Å²) in [7, 11) is 0. The fourth-order valence-corrected chi connectivity index (χ4v) is 2.59. The highest BCUT2D eigenvalue weighted by Crippen LogP contribution is 2.22.